The number of hydrogen-bond acceptors (Lipinski definition) is 5. The van der Waals surface area contributed by atoms with Gasteiger partial charge >= 0.3 is 11.8 Å². The average Bonchev–Trinajstić information content (AvgIpc) is 2.81. The van der Waals surface area contributed by atoms with Gasteiger partial charge in [0.15, 0.2) is 11.5 Å². The molecule has 0 saturated heterocycles. The Hall–Kier alpha value is -4.20. The molecule has 0 heterocycles. The number of ether oxygens (including phenoxy) is 2. The largest absolute Gasteiger partial charge is 0.493 e. The number of carbonyl (C=O) groups is 2. The molecule has 0 spiro atoms. The first-order valence-electron chi connectivity index (χ1n) is 10.1. The topological polar surface area (TPSA) is 89.0 Å². The van der Waals surface area contributed by atoms with Crippen LogP contribution >= 0.6 is 0 Å². The Morgan fingerprint density at radius 2 is 1.67 bits per heavy atom. The van der Waals surface area contributed by atoms with Gasteiger partial charge in [-0.1, -0.05) is 30.3 Å². The van der Waals surface area contributed by atoms with Gasteiger partial charge in [0.2, 0.25) is 0 Å². The van der Waals surface area contributed by atoms with Crippen molar-refractivity contribution in [3.05, 3.63) is 88.7 Å². The lowest BCUT2D eigenvalue weighted by molar-refractivity contribution is -0.136. The highest BCUT2D eigenvalue weighted by Gasteiger charge is 2.15. The highest BCUT2D eigenvalue weighted by Crippen LogP contribution is 2.28. The van der Waals surface area contributed by atoms with Crippen LogP contribution in [0.25, 0.3) is 0 Å². The lowest BCUT2D eigenvalue weighted by atomic mass is 10.1. The molecular formula is C25H24FN3O4. The highest BCUT2D eigenvalue weighted by atomic mass is 19.1. The molecular weight excluding hydrogens is 425 g/mol. The van der Waals surface area contributed by atoms with E-state index in [1.54, 1.807) is 30.3 Å². The smallest absolute Gasteiger partial charge is 0.329 e. The summed E-state index contributed by atoms with van der Waals surface area (Å²) in [5.74, 6) is -1.06. The molecule has 0 aliphatic carbocycles. The van der Waals surface area contributed by atoms with Crippen molar-refractivity contribution < 1.29 is 23.5 Å². The monoisotopic (exact) mass is 449 g/mol. The summed E-state index contributed by atoms with van der Waals surface area (Å²) in [6.07, 6.45) is 1.39. The van der Waals surface area contributed by atoms with Crippen molar-refractivity contribution in [1.29, 1.82) is 0 Å². The number of hydrogen-bond donors (Lipinski definition) is 2. The van der Waals surface area contributed by atoms with Gasteiger partial charge in [-0.25, -0.2) is 9.82 Å². The van der Waals surface area contributed by atoms with Crippen LogP contribution in [-0.4, -0.2) is 25.1 Å². The van der Waals surface area contributed by atoms with Crippen LogP contribution in [0.2, 0.25) is 0 Å². The molecule has 0 aliphatic rings. The molecule has 3 rings (SSSR count). The lowest BCUT2D eigenvalue weighted by Gasteiger charge is -2.11. The Kier molecular flexibility index (Phi) is 7.75. The van der Waals surface area contributed by atoms with Crippen LogP contribution in [0.3, 0.4) is 0 Å². The van der Waals surface area contributed by atoms with E-state index in [1.165, 1.54) is 25.5 Å². The zero-order valence-electron chi connectivity index (χ0n) is 18.5. The maximum atomic E-state index is 13.0. The molecule has 0 aliphatic heterocycles. The first-order chi connectivity index (χ1) is 15.9. The van der Waals surface area contributed by atoms with E-state index >= 15 is 0 Å². The van der Waals surface area contributed by atoms with Gasteiger partial charge in [0.25, 0.3) is 0 Å². The molecule has 0 saturated carbocycles. The van der Waals surface area contributed by atoms with E-state index in [4.69, 9.17) is 9.47 Å². The van der Waals surface area contributed by atoms with Crippen LogP contribution in [0.1, 0.15) is 22.3 Å². The molecule has 0 radical (unpaired) electrons. The van der Waals surface area contributed by atoms with Crippen LogP contribution in [0, 0.1) is 19.7 Å². The Balaban J connectivity index is 1.58. The quantitative estimate of drug-likeness (QED) is 0.323. The van der Waals surface area contributed by atoms with Gasteiger partial charge in [-0.05, 0) is 66.4 Å². The number of anilines is 1. The molecule has 0 bridgehead atoms. The number of benzene rings is 3. The standard InChI is InChI=1S/C25H24FN3O4/c1-16-5-4-6-17(2)23(16)28-24(30)25(31)29-27-14-19-9-12-21(22(13-19)32-3)33-15-18-7-10-20(26)11-8-18/h4-14H,15H2,1-3H3,(H,28,30)(H,29,31)/b27-14+. The van der Waals surface area contributed by atoms with Crippen LogP contribution < -0.4 is 20.2 Å². The van der Waals surface area contributed by atoms with Crippen molar-refractivity contribution in [3.63, 3.8) is 0 Å². The molecule has 3 aromatic carbocycles. The maximum Gasteiger partial charge on any atom is 0.329 e. The SMILES string of the molecule is COc1cc(/C=N/NC(=O)C(=O)Nc2c(C)cccc2C)ccc1OCc1ccc(F)cc1. The molecule has 0 aromatic heterocycles. The van der Waals surface area contributed by atoms with E-state index in [0.29, 0.717) is 22.7 Å². The summed E-state index contributed by atoms with van der Waals surface area (Å²) in [7, 11) is 1.50. The number of para-hydroxylation sites is 1. The van der Waals surface area contributed by atoms with E-state index in [2.05, 4.69) is 15.8 Å². The minimum atomic E-state index is -0.889. The normalized spacial score (nSPS) is 10.7. The number of nitrogens with one attached hydrogen (secondary N) is 2. The summed E-state index contributed by atoms with van der Waals surface area (Å²) >= 11 is 0. The van der Waals surface area contributed by atoms with Crippen molar-refractivity contribution in [2.24, 2.45) is 5.10 Å². The number of hydrazone groups is 1. The van der Waals surface area contributed by atoms with Crippen LogP contribution in [0.15, 0.2) is 65.8 Å². The van der Waals surface area contributed by atoms with Crippen molar-refractivity contribution in [2.75, 3.05) is 12.4 Å². The summed E-state index contributed by atoms with van der Waals surface area (Å²) in [6, 6.07) is 16.7. The molecule has 0 fully saturated rings. The Bertz CT molecular complexity index is 1160. The third kappa shape index (κ3) is 6.39. The minimum Gasteiger partial charge on any atom is -0.493 e. The van der Waals surface area contributed by atoms with Crippen LogP contribution in [0.5, 0.6) is 11.5 Å². The number of carbonyl (C=O) groups excluding carboxylic acids is 2. The molecule has 3 aromatic rings. The molecule has 170 valence electrons. The predicted octanol–water partition coefficient (Wildman–Crippen LogP) is 4.12. The Morgan fingerprint density at radius 1 is 0.970 bits per heavy atom. The van der Waals surface area contributed by atoms with Crippen molar-refractivity contribution in [2.45, 2.75) is 20.5 Å². The van der Waals surface area contributed by atoms with Crippen LogP contribution in [-0.2, 0) is 16.2 Å². The van der Waals surface area contributed by atoms with Crippen LogP contribution in [0.4, 0.5) is 10.1 Å². The number of amides is 2. The number of nitrogens with zero attached hydrogens (tertiary/aromatic N) is 1. The fourth-order valence-corrected chi connectivity index (χ4v) is 3.02. The van der Waals surface area contributed by atoms with Gasteiger partial charge in [0.1, 0.15) is 12.4 Å². The molecule has 0 unspecified atom stereocenters. The van der Waals surface area contributed by atoms with Gasteiger partial charge in [0, 0.05) is 5.69 Å². The molecule has 2 N–H and O–H groups in total. The first kappa shape index (κ1) is 23.5. The second-order valence-corrected chi connectivity index (χ2v) is 7.25. The van der Waals surface area contributed by atoms with Gasteiger partial charge in [-0.15, -0.1) is 0 Å². The maximum absolute atomic E-state index is 13.0. The second-order valence-electron chi connectivity index (χ2n) is 7.25. The van der Waals surface area contributed by atoms with E-state index in [-0.39, 0.29) is 12.4 Å². The Labute approximate surface area is 191 Å². The number of aryl methyl sites for hydroxylation is 2. The fourth-order valence-electron chi connectivity index (χ4n) is 3.02. The minimum absolute atomic E-state index is 0.246. The molecule has 0 atom stereocenters. The van der Waals surface area contributed by atoms with E-state index in [9.17, 15) is 14.0 Å². The highest BCUT2D eigenvalue weighted by molar-refractivity contribution is 6.39. The van der Waals surface area contributed by atoms with Gasteiger partial charge in [0.05, 0.1) is 13.3 Å². The van der Waals surface area contributed by atoms with Gasteiger partial charge in [-0.2, -0.15) is 5.10 Å². The second kappa shape index (κ2) is 10.9. The van der Waals surface area contributed by atoms with Crippen molar-refractivity contribution in [3.8, 4) is 11.5 Å². The molecule has 2 amide bonds. The summed E-state index contributed by atoms with van der Waals surface area (Å²) in [6.45, 7) is 3.94. The Morgan fingerprint density at radius 3 is 2.33 bits per heavy atom. The first-order valence-corrected chi connectivity index (χ1v) is 10.1. The van der Waals surface area contributed by atoms with Gasteiger partial charge < -0.3 is 14.8 Å². The predicted molar refractivity (Wildman–Crippen MR) is 124 cm³/mol. The van der Waals surface area contributed by atoms with Gasteiger partial charge in [-0.3, -0.25) is 9.59 Å². The van der Waals surface area contributed by atoms with Crippen molar-refractivity contribution >= 4 is 23.7 Å². The lowest BCUT2D eigenvalue weighted by Crippen LogP contribution is -2.32. The fraction of sp³-hybridized carbons (Fsp3) is 0.160. The summed E-state index contributed by atoms with van der Waals surface area (Å²) in [5.41, 5.74) is 5.95. The zero-order chi connectivity index (χ0) is 23.8. The number of rotatable bonds is 7. The number of halogens is 1. The zero-order valence-corrected chi connectivity index (χ0v) is 18.5. The van der Waals surface area contributed by atoms with E-state index < -0.39 is 11.8 Å². The van der Waals surface area contributed by atoms with E-state index in [0.717, 1.165) is 16.7 Å². The molecule has 33 heavy (non-hydrogen) atoms. The summed E-state index contributed by atoms with van der Waals surface area (Å²) in [5, 5.41) is 6.44. The third-order valence-electron chi connectivity index (χ3n) is 4.80. The summed E-state index contributed by atoms with van der Waals surface area (Å²) in [4.78, 5) is 24.2. The molecule has 7 nitrogen and oxygen atoms in total. The summed E-state index contributed by atoms with van der Waals surface area (Å²) < 4.78 is 24.1. The third-order valence-corrected chi connectivity index (χ3v) is 4.80. The van der Waals surface area contributed by atoms with Crippen molar-refractivity contribution in [1.82, 2.24) is 5.43 Å². The van der Waals surface area contributed by atoms with E-state index in [1.807, 2.05) is 32.0 Å². The molecule has 8 heteroatoms. The average molecular weight is 449 g/mol. The number of methoxy groups -OCH3 is 1.